The Bertz CT molecular complexity index is 339. The van der Waals surface area contributed by atoms with E-state index in [1.54, 1.807) is 13.1 Å². The Kier molecular flexibility index (Phi) is 3.96. The van der Waals surface area contributed by atoms with E-state index in [9.17, 15) is 8.78 Å². The molecule has 1 rings (SSSR count). The summed E-state index contributed by atoms with van der Waals surface area (Å²) in [6.07, 6.45) is 1.37. The van der Waals surface area contributed by atoms with Crippen LogP contribution in [-0.2, 0) is 0 Å². The molecule has 1 aromatic rings. The zero-order valence-electron chi connectivity index (χ0n) is 8.52. The van der Waals surface area contributed by atoms with E-state index in [2.05, 4.69) is 31.2 Å². The van der Waals surface area contributed by atoms with Crippen LogP contribution >= 0.6 is 15.9 Å². The molecule has 3 nitrogen and oxygen atoms in total. The Hall–Kier alpha value is -0.780. The molecule has 0 radical (unpaired) electrons. The molecular weight excluding hydrogens is 268 g/mol. The third kappa shape index (κ3) is 4.51. The highest BCUT2D eigenvalue weighted by molar-refractivity contribution is 9.10. The van der Waals surface area contributed by atoms with Gasteiger partial charge < -0.3 is 5.32 Å². The summed E-state index contributed by atoms with van der Waals surface area (Å²) in [5.41, 5.74) is 0. The van der Waals surface area contributed by atoms with Crippen LogP contribution in [0.1, 0.15) is 19.2 Å². The van der Waals surface area contributed by atoms with Gasteiger partial charge in [0.25, 0.3) is 0 Å². The fraction of sp³-hybridized carbons (Fsp3) is 0.556. The Morgan fingerprint density at radius 2 is 2.20 bits per heavy atom. The molecule has 0 aliphatic carbocycles. The molecule has 6 heteroatoms. The highest BCUT2D eigenvalue weighted by atomic mass is 79.9. The van der Waals surface area contributed by atoms with Crippen LogP contribution < -0.4 is 5.32 Å². The van der Waals surface area contributed by atoms with E-state index in [1.807, 2.05) is 0 Å². The SMILES string of the molecule is Cc1ncc(Br)c(NCCC(C)(F)F)n1. The molecule has 0 aliphatic heterocycles. The summed E-state index contributed by atoms with van der Waals surface area (Å²) in [6.45, 7) is 2.82. The molecule has 0 fully saturated rings. The Morgan fingerprint density at radius 3 is 2.80 bits per heavy atom. The first-order valence-electron chi connectivity index (χ1n) is 4.49. The first kappa shape index (κ1) is 12.3. The van der Waals surface area contributed by atoms with Crippen molar-refractivity contribution >= 4 is 21.7 Å². The normalized spacial score (nSPS) is 11.5. The second-order valence-electron chi connectivity index (χ2n) is 3.36. The largest absolute Gasteiger partial charge is 0.369 e. The van der Waals surface area contributed by atoms with Crippen molar-refractivity contribution in [1.29, 1.82) is 0 Å². The zero-order chi connectivity index (χ0) is 11.5. The maximum absolute atomic E-state index is 12.5. The predicted octanol–water partition coefficient (Wildman–Crippen LogP) is 3.00. The second-order valence-corrected chi connectivity index (χ2v) is 4.22. The molecule has 0 aromatic carbocycles. The van der Waals surface area contributed by atoms with Crippen molar-refractivity contribution in [2.24, 2.45) is 0 Å². The lowest BCUT2D eigenvalue weighted by Crippen LogP contribution is -2.16. The first-order chi connectivity index (χ1) is 6.88. The first-order valence-corrected chi connectivity index (χ1v) is 5.28. The van der Waals surface area contributed by atoms with Gasteiger partial charge in [0.1, 0.15) is 11.6 Å². The van der Waals surface area contributed by atoms with Crippen LogP contribution in [0.25, 0.3) is 0 Å². The van der Waals surface area contributed by atoms with Gasteiger partial charge in [0.15, 0.2) is 0 Å². The van der Waals surface area contributed by atoms with E-state index in [0.29, 0.717) is 16.1 Å². The Labute approximate surface area is 95.4 Å². The average Bonchev–Trinajstić information content (AvgIpc) is 2.09. The highest BCUT2D eigenvalue weighted by Crippen LogP contribution is 2.20. The van der Waals surface area contributed by atoms with Gasteiger partial charge in [-0.3, -0.25) is 0 Å². The number of aromatic nitrogens is 2. The molecule has 0 bridgehead atoms. The summed E-state index contributed by atoms with van der Waals surface area (Å²) >= 11 is 3.24. The van der Waals surface area contributed by atoms with Gasteiger partial charge in [-0.25, -0.2) is 18.7 Å². The second kappa shape index (κ2) is 4.83. The van der Waals surface area contributed by atoms with Crippen molar-refractivity contribution < 1.29 is 8.78 Å². The maximum Gasteiger partial charge on any atom is 0.247 e. The summed E-state index contributed by atoms with van der Waals surface area (Å²) < 4.78 is 25.7. The average molecular weight is 280 g/mol. The summed E-state index contributed by atoms with van der Waals surface area (Å²) in [5, 5.41) is 2.83. The number of halogens is 3. The smallest absolute Gasteiger partial charge is 0.247 e. The van der Waals surface area contributed by atoms with E-state index in [0.717, 1.165) is 6.92 Å². The number of anilines is 1. The minimum absolute atomic E-state index is 0.179. The van der Waals surface area contributed by atoms with Crippen LogP contribution in [0, 0.1) is 6.92 Å². The van der Waals surface area contributed by atoms with E-state index in [1.165, 1.54) is 0 Å². The lowest BCUT2D eigenvalue weighted by Gasteiger charge is -2.11. The van der Waals surface area contributed by atoms with Crippen molar-refractivity contribution in [2.45, 2.75) is 26.2 Å². The molecule has 84 valence electrons. The van der Waals surface area contributed by atoms with Crippen molar-refractivity contribution in [2.75, 3.05) is 11.9 Å². The van der Waals surface area contributed by atoms with Gasteiger partial charge >= 0.3 is 0 Å². The van der Waals surface area contributed by atoms with Crippen molar-refractivity contribution in [3.05, 3.63) is 16.5 Å². The molecule has 1 N–H and O–H groups in total. The van der Waals surface area contributed by atoms with Crippen LogP contribution in [-0.4, -0.2) is 22.4 Å². The number of nitrogens with one attached hydrogen (secondary N) is 1. The molecule has 0 saturated heterocycles. The Morgan fingerprint density at radius 1 is 1.53 bits per heavy atom. The lowest BCUT2D eigenvalue weighted by molar-refractivity contribution is 0.0166. The van der Waals surface area contributed by atoms with Gasteiger partial charge in [-0.15, -0.1) is 0 Å². The number of aryl methyl sites for hydroxylation is 1. The minimum atomic E-state index is -2.65. The zero-order valence-corrected chi connectivity index (χ0v) is 10.1. The molecule has 0 amide bonds. The molecule has 1 aromatic heterocycles. The van der Waals surface area contributed by atoms with Crippen molar-refractivity contribution in [1.82, 2.24) is 9.97 Å². The molecule has 15 heavy (non-hydrogen) atoms. The van der Waals surface area contributed by atoms with Crippen molar-refractivity contribution in [3.8, 4) is 0 Å². The summed E-state index contributed by atoms with van der Waals surface area (Å²) in [7, 11) is 0. The highest BCUT2D eigenvalue weighted by Gasteiger charge is 2.20. The summed E-state index contributed by atoms with van der Waals surface area (Å²) in [6, 6.07) is 0. The van der Waals surface area contributed by atoms with Crippen LogP contribution in [0.4, 0.5) is 14.6 Å². The van der Waals surface area contributed by atoms with Crippen LogP contribution in [0.2, 0.25) is 0 Å². The van der Waals surface area contributed by atoms with Gasteiger partial charge in [-0.2, -0.15) is 0 Å². The van der Waals surface area contributed by atoms with Gasteiger partial charge in [0.2, 0.25) is 5.92 Å². The van der Waals surface area contributed by atoms with Gasteiger partial charge in [0, 0.05) is 19.2 Å². The molecule has 0 spiro atoms. The van der Waals surface area contributed by atoms with Gasteiger partial charge in [-0.1, -0.05) is 0 Å². The summed E-state index contributed by atoms with van der Waals surface area (Å²) in [5.74, 6) is -1.50. The van der Waals surface area contributed by atoms with Crippen molar-refractivity contribution in [3.63, 3.8) is 0 Å². The third-order valence-corrected chi connectivity index (χ3v) is 2.30. The molecular formula is C9H12BrF2N3. The van der Waals surface area contributed by atoms with E-state index < -0.39 is 5.92 Å². The fourth-order valence-corrected chi connectivity index (χ4v) is 1.31. The lowest BCUT2D eigenvalue weighted by atomic mass is 10.3. The molecule has 0 aliphatic rings. The fourth-order valence-electron chi connectivity index (χ4n) is 0.980. The quantitative estimate of drug-likeness (QED) is 0.921. The molecule has 0 unspecified atom stereocenters. The van der Waals surface area contributed by atoms with Gasteiger partial charge in [-0.05, 0) is 29.8 Å². The predicted molar refractivity (Wildman–Crippen MR) is 58.2 cm³/mol. The van der Waals surface area contributed by atoms with E-state index >= 15 is 0 Å². The number of hydrogen-bond acceptors (Lipinski definition) is 3. The van der Waals surface area contributed by atoms with Crippen LogP contribution in [0.3, 0.4) is 0 Å². The summed E-state index contributed by atoms with van der Waals surface area (Å²) in [4.78, 5) is 8.03. The number of rotatable bonds is 4. The maximum atomic E-state index is 12.5. The topological polar surface area (TPSA) is 37.8 Å². The Balaban J connectivity index is 2.54. The number of alkyl halides is 2. The van der Waals surface area contributed by atoms with Crippen LogP contribution in [0.15, 0.2) is 10.7 Å². The third-order valence-electron chi connectivity index (χ3n) is 1.72. The monoisotopic (exact) mass is 279 g/mol. The van der Waals surface area contributed by atoms with Gasteiger partial charge in [0.05, 0.1) is 4.47 Å². The molecule has 0 saturated carbocycles. The minimum Gasteiger partial charge on any atom is -0.369 e. The van der Waals surface area contributed by atoms with E-state index in [-0.39, 0.29) is 13.0 Å². The van der Waals surface area contributed by atoms with Crippen LogP contribution in [0.5, 0.6) is 0 Å². The standard InChI is InChI=1S/C9H12BrF2N3/c1-6-14-5-7(10)8(15-6)13-4-3-9(2,11)12/h5H,3-4H2,1-2H3,(H,13,14,15). The molecule has 1 heterocycles. The number of nitrogens with zero attached hydrogens (tertiary/aromatic N) is 2. The van der Waals surface area contributed by atoms with E-state index in [4.69, 9.17) is 0 Å². The number of hydrogen-bond donors (Lipinski definition) is 1. The molecule has 0 atom stereocenters.